The van der Waals surface area contributed by atoms with Gasteiger partial charge in [-0.25, -0.2) is 0 Å². The maximum atomic E-state index is 11.9. The molecule has 0 atom stereocenters. The van der Waals surface area contributed by atoms with Crippen LogP contribution in [0, 0.1) is 17.0 Å². The molecule has 0 aliphatic rings. The second-order valence-electron chi connectivity index (χ2n) is 3.93. The summed E-state index contributed by atoms with van der Waals surface area (Å²) in [7, 11) is 1.40. The molecule has 0 bridgehead atoms. The summed E-state index contributed by atoms with van der Waals surface area (Å²) in [6, 6.07) is 5.55. The number of nitrogens with one attached hydrogen (secondary N) is 1. The van der Waals surface area contributed by atoms with Gasteiger partial charge in [0.05, 0.1) is 23.8 Å². The number of benzene rings is 1. The average molecular weight is 277 g/mol. The molecule has 0 fully saturated rings. The van der Waals surface area contributed by atoms with Crippen molar-refractivity contribution >= 4 is 17.3 Å². The van der Waals surface area contributed by atoms with Gasteiger partial charge in [-0.3, -0.25) is 14.9 Å². The molecule has 0 saturated heterocycles. The number of nitrogens with zero attached hydrogens (tertiary/aromatic N) is 2. The molecule has 1 amide bonds. The number of carbonyl (C=O) groups is 1. The minimum absolute atomic E-state index is 0.0207. The fraction of sp³-hybridized carbons (Fsp3) is 0.167. The number of amides is 1. The van der Waals surface area contributed by atoms with Crippen LogP contribution < -0.4 is 10.1 Å². The molecule has 0 radical (unpaired) electrons. The maximum absolute atomic E-state index is 11.9. The molecule has 1 N–H and O–H groups in total. The predicted molar refractivity (Wildman–Crippen MR) is 68.8 cm³/mol. The van der Waals surface area contributed by atoms with Crippen molar-refractivity contribution in [2.75, 3.05) is 12.4 Å². The molecule has 0 aliphatic heterocycles. The fourth-order valence-corrected chi connectivity index (χ4v) is 1.55. The number of anilines is 1. The Bertz CT molecular complexity index is 665. The number of aromatic nitrogens is 1. The van der Waals surface area contributed by atoms with Crippen LogP contribution in [-0.2, 0) is 0 Å². The van der Waals surface area contributed by atoms with E-state index < -0.39 is 10.8 Å². The van der Waals surface area contributed by atoms with E-state index >= 15 is 0 Å². The molecular formula is C12H11N3O5. The normalized spacial score (nSPS) is 10.1. The molecule has 2 rings (SSSR count). The van der Waals surface area contributed by atoms with E-state index in [1.807, 2.05) is 0 Å². The van der Waals surface area contributed by atoms with Crippen molar-refractivity contribution in [3.05, 3.63) is 45.8 Å². The second kappa shape index (κ2) is 5.39. The molecule has 1 heterocycles. The molecular weight excluding hydrogens is 266 g/mol. The van der Waals surface area contributed by atoms with Crippen molar-refractivity contribution in [3.8, 4) is 5.75 Å². The molecule has 20 heavy (non-hydrogen) atoms. The lowest BCUT2D eigenvalue weighted by molar-refractivity contribution is -0.384. The average Bonchev–Trinajstić information content (AvgIpc) is 2.85. The lowest BCUT2D eigenvalue weighted by Gasteiger charge is -2.05. The first kappa shape index (κ1) is 13.5. The van der Waals surface area contributed by atoms with Gasteiger partial charge in [0.2, 0.25) is 5.76 Å². The standard InChI is InChI=1S/C12H11N3O5/c1-7-5-11(20-14-7)12(16)13-9-4-3-8(19-2)6-10(9)15(17)18/h3-6H,1-2H3,(H,13,16). The Morgan fingerprint density at radius 3 is 2.75 bits per heavy atom. The van der Waals surface area contributed by atoms with Crippen LogP contribution >= 0.6 is 0 Å². The van der Waals surface area contributed by atoms with Crippen LogP contribution in [0.1, 0.15) is 16.2 Å². The molecule has 1 aromatic heterocycles. The highest BCUT2D eigenvalue weighted by atomic mass is 16.6. The number of carbonyl (C=O) groups excluding carboxylic acids is 1. The summed E-state index contributed by atoms with van der Waals surface area (Å²) in [5.41, 5.74) is 0.322. The van der Waals surface area contributed by atoms with Crippen LogP contribution in [0.4, 0.5) is 11.4 Å². The second-order valence-corrected chi connectivity index (χ2v) is 3.93. The van der Waals surface area contributed by atoms with Gasteiger partial charge in [-0.2, -0.15) is 0 Å². The summed E-state index contributed by atoms with van der Waals surface area (Å²) in [4.78, 5) is 22.2. The van der Waals surface area contributed by atoms with Crippen LogP contribution in [-0.4, -0.2) is 23.1 Å². The Labute approximate surface area is 113 Å². The third-order valence-corrected chi connectivity index (χ3v) is 2.50. The van der Waals surface area contributed by atoms with Crippen molar-refractivity contribution in [1.29, 1.82) is 0 Å². The van der Waals surface area contributed by atoms with E-state index in [0.717, 1.165) is 0 Å². The van der Waals surface area contributed by atoms with Gasteiger partial charge in [0.15, 0.2) is 0 Å². The first-order valence-electron chi connectivity index (χ1n) is 5.58. The number of methoxy groups -OCH3 is 1. The number of hydrogen-bond donors (Lipinski definition) is 1. The van der Waals surface area contributed by atoms with Gasteiger partial charge in [-0.1, -0.05) is 5.16 Å². The summed E-state index contributed by atoms with van der Waals surface area (Å²) in [5.74, 6) is -0.309. The van der Waals surface area contributed by atoms with Crippen LogP contribution in [0.3, 0.4) is 0 Å². The number of hydrogen-bond acceptors (Lipinski definition) is 6. The minimum Gasteiger partial charge on any atom is -0.496 e. The fourth-order valence-electron chi connectivity index (χ4n) is 1.55. The van der Waals surface area contributed by atoms with Gasteiger partial charge in [-0.15, -0.1) is 0 Å². The Balaban J connectivity index is 2.29. The smallest absolute Gasteiger partial charge is 0.296 e. The quantitative estimate of drug-likeness (QED) is 0.677. The Kier molecular flexibility index (Phi) is 3.65. The first-order chi connectivity index (χ1) is 9.51. The van der Waals surface area contributed by atoms with Crippen LogP contribution in [0.15, 0.2) is 28.8 Å². The zero-order valence-corrected chi connectivity index (χ0v) is 10.7. The van der Waals surface area contributed by atoms with Crippen molar-refractivity contribution < 1.29 is 19.0 Å². The van der Waals surface area contributed by atoms with Crippen molar-refractivity contribution in [1.82, 2.24) is 5.16 Å². The monoisotopic (exact) mass is 277 g/mol. The van der Waals surface area contributed by atoms with E-state index in [9.17, 15) is 14.9 Å². The predicted octanol–water partition coefficient (Wildman–Crippen LogP) is 2.15. The molecule has 0 spiro atoms. The van der Waals surface area contributed by atoms with Crippen LogP contribution in [0.5, 0.6) is 5.75 Å². The number of nitro benzene ring substituents is 1. The number of ether oxygens (including phenoxy) is 1. The van der Waals surface area contributed by atoms with Gasteiger partial charge >= 0.3 is 0 Å². The van der Waals surface area contributed by atoms with Gasteiger partial charge in [0, 0.05) is 6.07 Å². The van der Waals surface area contributed by atoms with Gasteiger partial charge in [-0.05, 0) is 19.1 Å². The summed E-state index contributed by atoms with van der Waals surface area (Å²) >= 11 is 0. The molecule has 0 saturated carbocycles. The van der Waals surface area contributed by atoms with E-state index in [1.54, 1.807) is 6.92 Å². The highest BCUT2D eigenvalue weighted by Crippen LogP contribution is 2.29. The first-order valence-corrected chi connectivity index (χ1v) is 5.58. The Hall–Kier alpha value is -2.90. The summed E-state index contributed by atoms with van der Waals surface area (Å²) < 4.78 is 9.69. The van der Waals surface area contributed by atoms with Crippen LogP contribution in [0.2, 0.25) is 0 Å². The molecule has 2 aromatic rings. The van der Waals surface area contributed by atoms with E-state index in [4.69, 9.17) is 9.26 Å². The maximum Gasteiger partial charge on any atom is 0.296 e. The third kappa shape index (κ3) is 2.74. The zero-order chi connectivity index (χ0) is 14.7. The zero-order valence-electron chi connectivity index (χ0n) is 10.7. The van der Waals surface area contributed by atoms with Gasteiger partial charge < -0.3 is 14.6 Å². The lowest BCUT2D eigenvalue weighted by Crippen LogP contribution is -2.12. The van der Waals surface area contributed by atoms with Crippen molar-refractivity contribution in [2.24, 2.45) is 0 Å². The summed E-state index contributed by atoms with van der Waals surface area (Å²) in [5, 5.41) is 17.0. The number of nitro groups is 1. The lowest BCUT2D eigenvalue weighted by atomic mass is 10.2. The van der Waals surface area contributed by atoms with Crippen molar-refractivity contribution in [3.63, 3.8) is 0 Å². The number of aryl methyl sites for hydroxylation is 1. The van der Waals surface area contributed by atoms with Crippen LogP contribution in [0.25, 0.3) is 0 Å². The summed E-state index contributed by atoms with van der Waals surface area (Å²) in [6.07, 6.45) is 0. The van der Waals surface area contributed by atoms with E-state index in [0.29, 0.717) is 11.4 Å². The van der Waals surface area contributed by atoms with E-state index in [1.165, 1.54) is 31.4 Å². The molecule has 8 heteroatoms. The summed E-state index contributed by atoms with van der Waals surface area (Å²) in [6.45, 7) is 1.66. The minimum atomic E-state index is -0.612. The molecule has 1 aromatic carbocycles. The largest absolute Gasteiger partial charge is 0.496 e. The molecule has 0 unspecified atom stereocenters. The third-order valence-electron chi connectivity index (χ3n) is 2.50. The molecule has 8 nitrogen and oxygen atoms in total. The molecule has 0 aliphatic carbocycles. The van der Waals surface area contributed by atoms with E-state index in [2.05, 4.69) is 10.5 Å². The molecule has 104 valence electrons. The van der Waals surface area contributed by atoms with Gasteiger partial charge in [0.1, 0.15) is 11.4 Å². The topological polar surface area (TPSA) is 108 Å². The number of rotatable bonds is 4. The van der Waals surface area contributed by atoms with E-state index in [-0.39, 0.29) is 17.1 Å². The Morgan fingerprint density at radius 2 is 2.20 bits per heavy atom. The van der Waals surface area contributed by atoms with Crippen molar-refractivity contribution in [2.45, 2.75) is 6.92 Å². The van der Waals surface area contributed by atoms with Gasteiger partial charge in [0.25, 0.3) is 11.6 Å². The highest BCUT2D eigenvalue weighted by Gasteiger charge is 2.19. The SMILES string of the molecule is COc1ccc(NC(=O)c2cc(C)no2)c([N+](=O)[O-])c1. The highest BCUT2D eigenvalue weighted by molar-refractivity contribution is 6.03. The Morgan fingerprint density at radius 1 is 1.45 bits per heavy atom.